The second-order valence-electron chi connectivity index (χ2n) is 2.63. The van der Waals surface area contributed by atoms with Crippen molar-refractivity contribution in [2.75, 3.05) is 0 Å². The first-order valence-corrected chi connectivity index (χ1v) is 3.81. The molecule has 0 fully saturated rings. The van der Waals surface area contributed by atoms with Gasteiger partial charge in [-0.05, 0) is 6.42 Å². The minimum Gasteiger partial charge on any atom is -0.342 e. The van der Waals surface area contributed by atoms with E-state index in [2.05, 4.69) is 4.74 Å². The molecule has 0 aromatic heterocycles. The topological polar surface area (TPSA) is 33.0 Å². The number of ether oxygens (including phenoxy) is 1. The third-order valence-corrected chi connectivity index (χ3v) is 1.41. The summed E-state index contributed by atoms with van der Waals surface area (Å²) in [4.78, 5) is 0. The Balaban J connectivity index is 4.77. The molecule has 0 aromatic carbocycles. The van der Waals surface area contributed by atoms with Gasteiger partial charge in [-0.1, -0.05) is 6.92 Å². The quantitative estimate of drug-likeness (QED) is 0.704. The summed E-state index contributed by atoms with van der Waals surface area (Å²) >= 11 is 0. The maximum atomic E-state index is 11.9. The summed E-state index contributed by atoms with van der Waals surface area (Å²) in [5.41, 5.74) is 0. The van der Waals surface area contributed by atoms with Gasteiger partial charge in [0, 0.05) is 0 Å². The number of nitrogens with zero attached hydrogens (tertiary/aromatic N) is 1. The van der Waals surface area contributed by atoms with E-state index in [1.54, 1.807) is 0 Å². The van der Waals surface area contributed by atoms with Crippen LogP contribution in [-0.2, 0) is 4.74 Å². The van der Waals surface area contributed by atoms with Gasteiger partial charge in [0.15, 0.2) is 0 Å². The monoisotopic (exact) mass is 235 g/mol. The van der Waals surface area contributed by atoms with Crippen LogP contribution in [0.15, 0.2) is 0 Å². The zero-order valence-corrected chi connectivity index (χ0v) is 7.49. The largest absolute Gasteiger partial charge is 0.423 e. The second-order valence-corrected chi connectivity index (χ2v) is 2.63. The molecule has 0 saturated carbocycles. The van der Waals surface area contributed by atoms with Crippen LogP contribution in [0.2, 0.25) is 0 Å². The lowest BCUT2D eigenvalue weighted by Gasteiger charge is -2.24. The standard InChI is InChI=1S/C7H7F6NO/c1-2-4(3-14)15-5(6(8,9)10)7(11,12)13/h4-5H,2H2,1H3. The third kappa shape index (κ3) is 4.38. The van der Waals surface area contributed by atoms with Crippen molar-refractivity contribution >= 4 is 0 Å². The molecule has 8 heteroatoms. The zero-order chi connectivity index (χ0) is 12.3. The van der Waals surface area contributed by atoms with Crippen LogP contribution >= 0.6 is 0 Å². The lowest BCUT2D eigenvalue weighted by Crippen LogP contribution is -2.46. The molecule has 0 saturated heterocycles. The molecular weight excluding hydrogens is 228 g/mol. The highest BCUT2D eigenvalue weighted by molar-refractivity contribution is 4.87. The first-order valence-electron chi connectivity index (χ1n) is 3.81. The van der Waals surface area contributed by atoms with E-state index in [0.29, 0.717) is 0 Å². The minimum absolute atomic E-state index is 0.251. The molecule has 2 nitrogen and oxygen atoms in total. The van der Waals surface area contributed by atoms with Crippen molar-refractivity contribution in [1.82, 2.24) is 0 Å². The molecule has 1 atom stereocenters. The van der Waals surface area contributed by atoms with Crippen LogP contribution in [-0.4, -0.2) is 24.6 Å². The zero-order valence-electron chi connectivity index (χ0n) is 7.49. The predicted octanol–water partition coefficient (Wildman–Crippen LogP) is 2.80. The highest BCUT2D eigenvalue weighted by atomic mass is 19.4. The Morgan fingerprint density at radius 2 is 1.53 bits per heavy atom. The van der Waals surface area contributed by atoms with E-state index in [-0.39, 0.29) is 6.42 Å². The fourth-order valence-corrected chi connectivity index (χ4v) is 0.722. The normalized spacial score (nSPS) is 15.1. The predicted molar refractivity (Wildman–Crippen MR) is 36.7 cm³/mol. The molecule has 15 heavy (non-hydrogen) atoms. The van der Waals surface area contributed by atoms with Crippen molar-refractivity contribution in [2.24, 2.45) is 0 Å². The molecule has 0 aliphatic carbocycles. The van der Waals surface area contributed by atoms with Gasteiger partial charge >= 0.3 is 12.4 Å². The van der Waals surface area contributed by atoms with Gasteiger partial charge in [-0.3, -0.25) is 0 Å². The summed E-state index contributed by atoms with van der Waals surface area (Å²) in [5.74, 6) is 0. The summed E-state index contributed by atoms with van der Waals surface area (Å²) in [6.45, 7) is 1.25. The summed E-state index contributed by atoms with van der Waals surface area (Å²) in [6, 6.07) is 1.20. The van der Waals surface area contributed by atoms with Crippen molar-refractivity contribution < 1.29 is 31.1 Å². The van der Waals surface area contributed by atoms with Gasteiger partial charge < -0.3 is 4.74 Å². The Morgan fingerprint density at radius 1 is 1.13 bits per heavy atom. The molecule has 0 spiro atoms. The van der Waals surface area contributed by atoms with Crippen LogP contribution in [0.5, 0.6) is 0 Å². The summed E-state index contributed by atoms with van der Waals surface area (Å²) < 4.78 is 75.0. The highest BCUT2D eigenvalue weighted by Gasteiger charge is 2.58. The number of alkyl halides is 6. The third-order valence-electron chi connectivity index (χ3n) is 1.41. The molecular formula is C7H7F6NO. The van der Waals surface area contributed by atoms with Crippen LogP contribution in [0.4, 0.5) is 26.3 Å². The van der Waals surface area contributed by atoms with Gasteiger partial charge in [-0.25, -0.2) is 0 Å². The van der Waals surface area contributed by atoms with Gasteiger partial charge in [-0.2, -0.15) is 31.6 Å². The van der Waals surface area contributed by atoms with E-state index in [0.717, 1.165) is 0 Å². The Bertz CT molecular complexity index is 225. The van der Waals surface area contributed by atoms with E-state index in [4.69, 9.17) is 5.26 Å². The second kappa shape index (κ2) is 4.70. The Labute approximate surface area is 81.4 Å². The molecule has 1 unspecified atom stereocenters. The molecule has 0 heterocycles. The average Bonchev–Trinajstić information content (AvgIpc) is 2.01. The van der Waals surface area contributed by atoms with Crippen LogP contribution in [0.25, 0.3) is 0 Å². The molecule has 0 rings (SSSR count). The Kier molecular flexibility index (Phi) is 4.40. The highest BCUT2D eigenvalue weighted by Crippen LogP contribution is 2.36. The summed E-state index contributed by atoms with van der Waals surface area (Å²) in [5, 5.41) is 8.20. The number of halogens is 6. The smallest absolute Gasteiger partial charge is 0.342 e. The van der Waals surface area contributed by atoms with Gasteiger partial charge in [0.1, 0.15) is 6.10 Å². The van der Waals surface area contributed by atoms with Crippen molar-refractivity contribution in [2.45, 2.75) is 37.9 Å². The number of rotatable bonds is 3. The first kappa shape index (κ1) is 14.0. The van der Waals surface area contributed by atoms with E-state index in [1.807, 2.05) is 0 Å². The molecule has 0 aromatic rings. The van der Waals surface area contributed by atoms with Gasteiger partial charge in [-0.15, -0.1) is 0 Å². The SMILES string of the molecule is CCC(C#N)OC(C(F)(F)F)C(F)(F)F. The van der Waals surface area contributed by atoms with E-state index in [9.17, 15) is 26.3 Å². The lowest BCUT2D eigenvalue weighted by atomic mass is 10.2. The fraction of sp³-hybridized carbons (Fsp3) is 0.857. The fourth-order valence-electron chi connectivity index (χ4n) is 0.722. The maximum absolute atomic E-state index is 11.9. The summed E-state index contributed by atoms with van der Waals surface area (Å²) in [6.07, 6.45) is -17.0. The van der Waals surface area contributed by atoms with Crippen molar-refractivity contribution in [3.63, 3.8) is 0 Å². The van der Waals surface area contributed by atoms with E-state index >= 15 is 0 Å². The van der Waals surface area contributed by atoms with Gasteiger partial charge in [0.25, 0.3) is 6.10 Å². The number of hydrogen-bond donors (Lipinski definition) is 0. The maximum Gasteiger partial charge on any atom is 0.423 e. The van der Waals surface area contributed by atoms with Crippen LogP contribution in [0, 0.1) is 11.3 Å². The number of nitriles is 1. The minimum atomic E-state index is -5.57. The molecule has 0 radical (unpaired) electrons. The van der Waals surface area contributed by atoms with E-state index in [1.165, 1.54) is 13.0 Å². The molecule has 0 aliphatic heterocycles. The van der Waals surface area contributed by atoms with Gasteiger partial charge in [0.2, 0.25) is 0 Å². The van der Waals surface area contributed by atoms with Crippen LogP contribution in [0.1, 0.15) is 13.3 Å². The Hall–Kier alpha value is -0.970. The van der Waals surface area contributed by atoms with Crippen molar-refractivity contribution in [3.05, 3.63) is 0 Å². The van der Waals surface area contributed by atoms with Gasteiger partial charge in [0.05, 0.1) is 6.07 Å². The molecule has 0 bridgehead atoms. The summed E-state index contributed by atoms with van der Waals surface area (Å²) in [7, 11) is 0. The van der Waals surface area contributed by atoms with Crippen LogP contribution in [0.3, 0.4) is 0 Å². The molecule has 0 amide bonds. The molecule has 0 N–H and O–H groups in total. The van der Waals surface area contributed by atoms with Crippen LogP contribution < -0.4 is 0 Å². The lowest BCUT2D eigenvalue weighted by molar-refractivity contribution is -0.327. The molecule has 88 valence electrons. The Morgan fingerprint density at radius 3 is 1.73 bits per heavy atom. The van der Waals surface area contributed by atoms with Crippen molar-refractivity contribution in [1.29, 1.82) is 5.26 Å². The number of hydrogen-bond acceptors (Lipinski definition) is 2. The van der Waals surface area contributed by atoms with E-state index < -0.39 is 24.6 Å². The van der Waals surface area contributed by atoms with Crippen molar-refractivity contribution in [3.8, 4) is 6.07 Å². The molecule has 0 aliphatic rings. The first-order chi connectivity index (χ1) is 6.62. The average molecular weight is 235 g/mol.